The number of hydrogen-bond acceptors (Lipinski definition) is 4. The van der Waals surface area contributed by atoms with Gasteiger partial charge in [-0.1, -0.05) is 0 Å². The predicted molar refractivity (Wildman–Crippen MR) is 55.4 cm³/mol. The maximum absolute atomic E-state index is 10.7. The number of carbonyl (C=O) groups is 1. The van der Waals surface area contributed by atoms with Crippen LogP contribution in [0.15, 0.2) is 18.2 Å². The fourth-order valence-corrected chi connectivity index (χ4v) is 1.26. The van der Waals surface area contributed by atoms with Crippen LogP contribution in [0.5, 0.6) is 11.5 Å². The average molecular weight is 210 g/mol. The van der Waals surface area contributed by atoms with Gasteiger partial charge in [0, 0.05) is 13.2 Å². The standard InChI is InChI=1S/C11H14O4/c1-13-9-4-8(11(7-12)15-3)5-10(6-9)14-2/h4-7,11H,1-3H3. The molecule has 0 aliphatic heterocycles. The van der Waals surface area contributed by atoms with Gasteiger partial charge in [-0.25, -0.2) is 0 Å². The van der Waals surface area contributed by atoms with E-state index in [2.05, 4.69) is 0 Å². The van der Waals surface area contributed by atoms with E-state index in [0.717, 1.165) is 6.29 Å². The number of methoxy groups -OCH3 is 3. The van der Waals surface area contributed by atoms with Gasteiger partial charge in [0.05, 0.1) is 14.2 Å². The Balaban J connectivity index is 3.10. The summed E-state index contributed by atoms with van der Waals surface area (Å²) in [6.07, 6.45) is 0.141. The minimum Gasteiger partial charge on any atom is -0.497 e. The number of benzene rings is 1. The van der Waals surface area contributed by atoms with Crippen molar-refractivity contribution in [3.8, 4) is 11.5 Å². The summed E-state index contributed by atoms with van der Waals surface area (Å²) in [5.74, 6) is 1.27. The summed E-state index contributed by atoms with van der Waals surface area (Å²) in [6.45, 7) is 0. The smallest absolute Gasteiger partial charge is 0.153 e. The Morgan fingerprint density at radius 1 is 1.07 bits per heavy atom. The highest BCUT2D eigenvalue weighted by Gasteiger charge is 2.11. The van der Waals surface area contributed by atoms with Gasteiger partial charge in [-0.3, -0.25) is 0 Å². The summed E-state index contributed by atoms with van der Waals surface area (Å²) in [6, 6.07) is 5.22. The molecule has 0 aromatic heterocycles. The quantitative estimate of drug-likeness (QED) is 0.692. The van der Waals surface area contributed by atoms with Crippen LogP contribution >= 0.6 is 0 Å². The molecule has 0 spiro atoms. The molecule has 0 N–H and O–H groups in total. The number of rotatable bonds is 5. The van der Waals surface area contributed by atoms with E-state index in [-0.39, 0.29) is 0 Å². The SMILES string of the molecule is COc1cc(OC)cc(C(C=O)OC)c1. The zero-order chi connectivity index (χ0) is 11.3. The van der Waals surface area contributed by atoms with Crippen molar-refractivity contribution in [1.29, 1.82) is 0 Å². The molecule has 0 bridgehead atoms. The lowest BCUT2D eigenvalue weighted by Crippen LogP contribution is -2.03. The van der Waals surface area contributed by atoms with Crippen molar-refractivity contribution in [2.75, 3.05) is 21.3 Å². The fraction of sp³-hybridized carbons (Fsp3) is 0.364. The van der Waals surface area contributed by atoms with Crippen molar-refractivity contribution in [3.05, 3.63) is 23.8 Å². The first-order valence-electron chi connectivity index (χ1n) is 4.46. The molecule has 0 saturated heterocycles. The molecule has 82 valence electrons. The molecule has 1 aromatic carbocycles. The maximum Gasteiger partial charge on any atom is 0.153 e. The van der Waals surface area contributed by atoms with Gasteiger partial charge in [-0.2, -0.15) is 0 Å². The normalized spacial score (nSPS) is 11.9. The van der Waals surface area contributed by atoms with Crippen molar-refractivity contribution >= 4 is 6.29 Å². The minimum atomic E-state index is -0.589. The third-order valence-electron chi connectivity index (χ3n) is 2.08. The predicted octanol–water partition coefficient (Wildman–Crippen LogP) is 1.59. The van der Waals surface area contributed by atoms with Gasteiger partial charge in [0.25, 0.3) is 0 Å². The Morgan fingerprint density at radius 2 is 1.60 bits per heavy atom. The molecular formula is C11H14O4. The van der Waals surface area contributed by atoms with Crippen LogP contribution in [0.2, 0.25) is 0 Å². The summed E-state index contributed by atoms with van der Waals surface area (Å²) in [5, 5.41) is 0. The molecule has 15 heavy (non-hydrogen) atoms. The van der Waals surface area contributed by atoms with Crippen molar-refractivity contribution in [1.82, 2.24) is 0 Å². The summed E-state index contributed by atoms with van der Waals surface area (Å²) in [7, 11) is 4.59. The zero-order valence-corrected chi connectivity index (χ0v) is 9.02. The molecular weight excluding hydrogens is 196 g/mol. The Kier molecular flexibility index (Phi) is 4.12. The first-order chi connectivity index (χ1) is 7.24. The van der Waals surface area contributed by atoms with E-state index < -0.39 is 6.10 Å². The second-order valence-electron chi connectivity index (χ2n) is 2.94. The van der Waals surface area contributed by atoms with E-state index in [1.807, 2.05) is 0 Å². The molecule has 0 radical (unpaired) electrons. The first kappa shape index (κ1) is 11.5. The highest BCUT2D eigenvalue weighted by molar-refractivity contribution is 5.61. The minimum absolute atomic E-state index is 0.589. The van der Waals surface area contributed by atoms with Crippen LogP contribution in [-0.2, 0) is 9.53 Å². The molecule has 4 nitrogen and oxygen atoms in total. The molecule has 0 fully saturated rings. The van der Waals surface area contributed by atoms with E-state index >= 15 is 0 Å². The van der Waals surface area contributed by atoms with Crippen LogP contribution < -0.4 is 9.47 Å². The van der Waals surface area contributed by atoms with Gasteiger partial charge in [0.2, 0.25) is 0 Å². The molecule has 0 amide bonds. The van der Waals surface area contributed by atoms with Crippen molar-refractivity contribution in [2.24, 2.45) is 0 Å². The van der Waals surface area contributed by atoms with Gasteiger partial charge in [-0.05, 0) is 17.7 Å². The molecule has 1 rings (SSSR count). The number of ether oxygens (including phenoxy) is 3. The van der Waals surface area contributed by atoms with Crippen molar-refractivity contribution in [2.45, 2.75) is 6.10 Å². The van der Waals surface area contributed by atoms with Gasteiger partial charge >= 0.3 is 0 Å². The summed E-state index contributed by atoms with van der Waals surface area (Å²) in [5.41, 5.74) is 0.712. The Labute approximate surface area is 88.8 Å². The topological polar surface area (TPSA) is 44.8 Å². The Hall–Kier alpha value is -1.55. The highest BCUT2D eigenvalue weighted by Crippen LogP contribution is 2.26. The molecule has 1 atom stereocenters. The second kappa shape index (κ2) is 5.36. The lowest BCUT2D eigenvalue weighted by Gasteiger charge is -2.12. The van der Waals surface area contributed by atoms with E-state index in [0.29, 0.717) is 17.1 Å². The van der Waals surface area contributed by atoms with E-state index in [4.69, 9.17) is 14.2 Å². The molecule has 0 saturated carbocycles. The monoisotopic (exact) mass is 210 g/mol. The molecule has 4 heteroatoms. The second-order valence-corrected chi connectivity index (χ2v) is 2.94. The van der Waals surface area contributed by atoms with Crippen molar-refractivity contribution in [3.63, 3.8) is 0 Å². The largest absolute Gasteiger partial charge is 0.497 e. The lowest BCUT2D eigenvalue weighted by molar-refractivity contribution is -0.116. The summed E-state index contributed by atoms with van der Waals surface area (Å²) in [4.78, 5) is 10.7. The van der Waals surface area contributed by atoms with E-state index in [1.54, 1.807) is 32.4 Å². The van der Waals surface area contributed by atoms with Crippen LogP contribution in [0.1, 0.15) is 11.7 Å². The Morgan fingerprint density at radius 3 is 1.93 bits per heavy atom. The maximum atomic E-state index is 10.7. The number of aldehydes is 1. The molecule has 0 aliphatic carbocycles. The summed E-state index contributed by atoms with van der Waals surface area (Å²) < 4.78 is 15.2. The lowest BCUT2D eigenvalue weighted by atomic mass is 10.1. The third kappa shape index (κ3) is 2.70. The zero-order valence-electron chi connectivity index (χ0n) is 9.02. The van der Waals surface area contributed by atoms with Crippen molar-refractivity contribution < 1.29 is 19.0 Å². The van der Waals surface area contributed by atoms with Crippen LogP contribution in [0, 0.1) is 0 Å². The van der Waals surface area contributed by atoms with Gasteiger partial charge in [-0.15, -0.1) is 0 Å². The fourth-order valence-electron chi connectivity index (χ4n) is 1.26. The summed E-state index contributed by atoms with van der Waals surface area (Å²) >= 11 is 0. The average Bonchev–Trinajstić information content (AvgIpc) is 2.30. The number of carbonyl (C=O) groups excluding carboxylic acids is 1. The molecule has 0 aliphatic rings. The van der Waals surface area contributed by atoms with Gasteiger partial charge in [0.15, 0.2) is 6.29 Å². The van der Waals surface area contributed by atoms with Crippen LogP contribution in [0.3, 0.4) is 0 Å². The van der Waals surface area contributed by atoms with Crippen LogP contribution in [0.4, 0.5) is 0 Å². The van der Waals surface area contributed by atoms with Gasteiger partial charge in [0.1, 0.15) is 17.6 Å². The van der Waals surface area contributed by atoms with Crippen LogP contribution in [0.25, 0.3) is 0 Å². The molecule has 0 heterocycles. The highest BCUT2D eigenvalue weighted by atomic mass is 16.5. The van der Waals surface area contributed by atoms with E-state index in [1.165, 1.54) is 7.11 Å². The Bertz CT molecular complexity index is 313. The van der Waals surface area contributed by atoms with Gasteiger partial charge < -0.3 is 19.0 Å². The third-order valence-corrected chi connectivity index (χ3v) is 2.08. The van der Waals surface area contributed by atoms with Crippen LogP contribution in [-0.4, -0.2) is 27.6 Å². The van der Waals surface area contributed by atoms with E-state index in [9.17, 15) is 4.79 Å². The molecule has 1 unspecified atom stereocenters. The molecule has 1 aromatic rings. The first-order valence-corrected chi connectivity index (χ1v) is 4.46. The number of hydrogen-bond donors (Lipinski definition) is 0.